The number of hydrogen-bond acceptors (Lipinski definition) is 6. The summed E-state index contributed by atoms with van der Waals surface area (Å²) in [5.74, 6) is 2.60. The zero-order valence-corrected chi connectivity index (χ0v) is 18.3. The molecule has 1 N–H and O–H groups in total. The van der Waals surface area contributed by atoms with Gasteiger partial charge in [0.1, 0.15) is 16.6 Å². The highest BCUT2D eigenvalue weighted by Gasteiger charge is 2.28. The van der Waals surface area contributed by atoms with E-state index in [9.17, 15) is 4.79 Å². The monoisotopic (exact) mass is 424 g/mol. The molecule has 1 atom stereocenters. The van der Waals surface area contributed by atoms with Crippen molar-refractivity contribution in [2.24, 2.45) is 0 Å². The van der Waals surface area contributed by atoms with E-state index in [2.05, 4.69) is 24.1 Å². The standard InChI is InChI=1S/C23H28N4O2S/c1-3-27(4-2)19(20-10-7-13-29-20)14-24-21(28)15-30-23-17-8-5-6-9-18(17)25-22(26-23)16-11-12-16/h5-10,13,16,19H,3-4,11-12,14-15H2,1-2H3,(H,24,28). The zero-order chi connectivity index (χ0) is 20.9. The molecule has 1 unspecified atom stereocenters. The second-order valence-electron chi connectivity index (χ2n) is 7.52. The molecule has 0 bridgehead atoms. The number of likely N-dealkylation sites (N-methyl/N-ethyl adjacent to an activating group) is 1. The molecule has 0 spiro atoms. The van der Waals surface area contributed by atoms with Crippen LogP contribution in [0.5, 0.6) is 0 Å². The Bertz CT molecular complexity index is 984. The van der Waals surface area contributed by atoms with Crippen LogP contribution in [0.25, 0.3) is 10.9 Å². The van der Waals surface area contributed by atoms with Crippen molar-refractivity contribution >= 4 is 28.6 Å². The first-order chi connectivity index (χ1) is 14.7. The van der Waals surface area contributed by atoms with Gasteiger partial charge in [-0.1, -0.05) is 43.8 Å². The summed E-state index contributed by atoms with van der Waals surface area (Å²) in [6, 6.07) is 11.9. The Morgan fingerprint density at radius 3 is 2.70 bits per heavy atom. The first-order valence-corrected chi connectivity index (χ1v) is 11.6. The lowest BCUT2D eigenvalue weighted by Gasteiger charge is -2.28. The van der Waals surface area contributed by atoms with Gasteiger partial charge >= 0.3 is 0 Å². The summed E-state index contributed by atoms with van der Waals surface area (Å²) in [6.07, 6.45) is 3.99. The highest BCUT2D eigenvalue weighted by atomic mass is 32.2. The largest absolute Gasteiger partial charge is 0.468 e. The lowest BCUT2D eigenvalue weighted by atomic mass is 10.2. The fourth-order valence-corrected chi connectivity index (χ4v) is 4.51. The second-order valence-corrected chi connectivity index (χ2v) is 8.49. The van der Waals surface area contributed by atoms with E-state index in [1.54, 1.807) is 6.26 Å². The predicted molar refractivity (Wildman–Crippen MR) is 120 cm³/mol. The molecule has 2 aromatic heterocycles. The molecule has 4 rings (SSSR count). The zero-order valence-electron chi connectivity index (χ0n) is 17.5. The first-order valence-electron chi connectivity index (χ1n) is 10.6. The average Bonchev–Trinajstić information content (AvgIpc) is 3.49. The third kappa shape index (κ3) is 4.84. The number of nitrogens with zero attached hydrogens (tertiary/aromatic N) is 3. The van der Waals surface area contributed by atoms with Crippen molar-refractivity contribution in [3.63, 3.8) is 0 Å². The van der Waals surface area contributed by atoms with Crippen molar-refractivity contribution < 1.29 is 9.21 Å². The number of fused-ring (bicyclic) bond motifs is 1. The third-order valence-electron chi connectivity index (χ3n) is 5.49. The van der Waals surface area contributed by atoms with Crippen molar-refractivity contribution in [1.82, 2.24) is 20.2 Å². The lowest BCUT2D eigenvalue weighted by Crippen LogP contribution is -2.38. The van der Waals surface area contributed by atoms with E-state index >= 15 is 0 Å². The molecule has 1 aromatic carbocycles. The molecule has 2 heterocycles. The molecule has 6 nitrogen and oxygen atoms in total. The molecular formula is C23H28N4O2S. The van der Waals surface area contributed by atoms with Crippen LogP contribution in [-0.2, 0) is 4.79 Å². The van der Waals surface area contributed by atoms with Crippen molar-refractivity contribution in [3.8, 4) is 0 Å². The number of amides is 1. The fraction of sp³-hybridized carbons (Fsp3) is 0.435. The van der Waals surface area contributed by atoms with E-state index in [1.807, 2.05) is 36.4 Å². The molecule has 158 valence electrons. The van der Waals surface area contributed by atoms with Crippen LogP contribution in [0.15, 0.2) is 52.1 Å². The normalized spacial score (nSPS) is 14.9. The maximum Gasteiger partial charge on any atom is 0.230 e. The number of rotatable bonds is 10. The van der Waals surface area contributed by atoms with Gasteiger partial charge in [0.2, 0.25) is 5.91 Å². The average molecular weight is 425 g/mol. The number of thioether (sulfide) groups is 1. The number of benzene rings is 1. The molecule has 1 aliphatic carbocycles. The lowest BCUT2D eigenvalue weighted by molar-refractivity contribution is -0.118. The minimum atomic E-state index is -0.000576. The van der Waals surface area contributed by atoms with Gasteiger partial charge in [0, 0.05) is 17.8 Å². The minimum Gasteiger partial charge on any atom is -0.468 e. The van der Waals surface area contributed by atoms with Crippen LogP contribution in [-0.4, -0.2) is 46.2 Å². The summed E-state index contributed by atoms with van der Waals surface area (Å²) in [7, 11) is 0. The fourth-order valence-electron chi connectivity index (χ4n) is 3.65. The molecule has 0 aliphatic heterocycles. The number of hydrogen-bond donors (Lipinski definition) is 1. The smallest absolute Gasteiger partial charge is 0.230 e. The molecule has 0 radical (unpaired) electrons. The molecule has 1 amide bonds. The molecule has 7 heteroatoms. The highest BCUT2D eigenvalue weighted by molar-refractivity contribution is 8.00. The summed E-state index contributed by atoms with van der Waals surface area (Å²) < 4.78 is 5.62. The van der Waals surface area contributed by atoms with Crippen LogP contribution in [0.2, 0.25) is 0 Å². The first kappa shape index (κ1) is 20.9. The molecular weight excluding hydrogens is 396 g/mol. The van der Waals surface area contributed by atoms with Gasteiger partial charge in [-0.25, -0.2) is 9.97 Å². The summed E-state index contributed by atoms with van der Waals surface area (Å²) in [4.78, 5) is 24.4. The molecule has 1 saturated carbocycles. The Kier molecular flexibility index (Phi) is 6.69. The van der Waals surface area contributed by atoms with E-state index in [1.165, 1.54) is 11.8 Å². The van der Waals surface area contributed by atoms with E-state index in [-0.39, 0.29) is 11.9 Å². The van der Waals surface area contributed by atoms with E-state index in [0.717, 1.165) is 53.4 Å². The van der Waals surface area contributed by atoms with Crippen molar-refractivity contribution in [2.45, 2.75) is 43.7 Å². The molecule has 1 fully saturated rings. The van der Waals surface area contributed by atoms with Gasteiger partial charge in [-0.2, -0.15) is 0 Å². The number of nitrogens with one attached hydrogen (secondary N) is 1. The maximum absolute atomic E-state index is 12.6. The third-order valence-corrected chi connectivity index (χ3v) is 6.48. The van der Waals surface area contributed by atoms with E-state index in [4.69, 9.17) is 14.4 Å². The SMILES string of the molecule is CCN(CC)C(CNC(=O)CSc1nc(C2CC2)nc2ccccc12)c1ccco1. The molecule has 0 saturated heterocycles. The van der Waals surface area contributed by atoms with Crippen molar-refractivity contribution in [1.29, 1.82) is 0 Å². The van der Waals surface area contributed by atoms with Gasteiger partial charge in [-0.3, -0.25) is 9.69 Å². The van der Waals surface area contributed by atoms with Crippen LogP contribution < -0.4 is 5.32 Å². The summed E-state index contributed by atoms with van der Waals surface area (Å²) in [5.41, 5.74) is 0.955. The van der Waals surface area contributed by atoms with Crippen LogP contribution in [0.1, 0.15) is 50.2 Å². The Hall–Kier alpha value is -2.38. The highest BCUT2D eigenvalue weighted by Crippen LogP contribution is 2.39. The van der Waals surface area contributed by atoms with Gasteiger partial charge < -0.3 is 9.73 Å². The maximum atomic E-state index is 12.6. The Balaban J connectivity index is 1.41. The summed E-state index contributed by atoms with van der Waals surface area (Å²) in [6.45, 7) is 6.54. The Morgan fingerprint density at radius 1 is 1.20 bits per heavy atom. The van der Waals surface area contributed by atoms with E-state index < -0.39 is 0 Å². The number of furan rings is 1. The van der Waals surface area contributed by atoms with Crippen LogP contribution in [0, 0.1) is 0 Å². The second kappa shape index (κ2) is 9.62. The Labute approximate surface area is 181 Å². The van der Waals surface area contributed by atoms with Gasteiger partial charge in [-0.05, 0) is 44.1 Å². The van der Waals surface area contributed by atoms with Crippen LogP contribution >= 0.6 is 11.8 Å². The van der Waals surface area contributed by atoms with Crippen LogP contribution in [0.4, 0.5) is 0 Å². The molecule has 30 heavy (non-hydrogen) atoms. The van der Waals surface area contributed by atoms with Gasteiger partial charge in [0.05, 0.1) is 23.6 Å². The van der Waals surface area contributed by atoms with Crippen LogP contribution in [0.3, 0.4) is 0 Å². The number of para-hydroxylation sites is 1. The van der Waals surface area contributed by atoms with E-state index in [0.29, 0.717) is 18.2 Å². The van der Waals surface area contributed by atoms with Gasteiger partial charge in [0.15, 0.2) is 0 Å². The van der Waals surface area contributed by atoms with Crippen molar-refractivity contribution in [3.05, 3.63) is 54.2 Å². The number of carbonyl (C=O) groups is 1. The minimum absolute atomic E-state index is 0.000576. The number of carbonyl (C=O) groups excluding carboxylic acids is 1. The van der Waals surface area contributed by atoms with Gasteiger partial charge in [0.25, 0.3) is 0 Å². The molecule has 1 aliphatic rings. The summed E-state index contributed by atoms with van der Waals surface area (Å²) in [5, 5.41) is 4.99. The molecule has 3 aromatic rings. The predicted octanol–water partition coefficient (Wildman–Crippen LogP) is 4.39. The van der Waals surface area contributed by atoms with Crippen molar-refractivity contribution in [2.75, 3.05) is 25.4 Å². The Morgan fingerprint density at radius 2 is 2.00 bits per heavy atom. The topological polar surface area (TPSA) is 71.3 Å². The van der Waals surface area contributed by atoms with Gasteiger partial charge in [-0.15, -0.1) is 0 Å². The summed E-state index contributed by atoms with van der Waals surface area (Å²) >= 11 is 1.49. The quantitative estimate of drug-likeness (QED) is 0.384. The number of aromatic nitrogens is 2.